The minimum absolute atomic E-state index is 0.728. The van der Waals surface area contributed by atoms with E-state index < -0.39 is 34.2 Å². The van der Waals surface area contributed by atoms with Gasteiger partial charge < -0.3 is 21.9 Å². The third-order valence-electron chi connectivity index (χ3n) is 2.47. The molecule has 0 spiro atoms. The van der Waals surface area contributed by atoms with Gasteiger partial charge >= 0.3 is 34.2 Å². The molecule has 0 amide bonds. The zero-order chi connectivity index (χ0) is 17.2. The van der Waals surface area contributed by atoms with Crippen molar-refractivity contribution in [2.75, 3.05) is 0 Å². The largest absolute Gasteiger partial charge is 0.416 e. The number of rotatable bonds is 7. The highest BCUT2D eigenvalue weighted by atomic mass is 28.5. The normalized spacial score (nSPS) is 16.4. The number of hydrogen-bond acceptors (Lipinski definition) is 5. The van der Waals surface area contributed by atoms with E-state index in [0.29, 0.717) is 0 Å². The summed E-state index contributed by atoms with van der Waals surface area (Å²) in [5.41, 5.74) is 0. The molecule has 0 aliphatic heterocycles. The van der Waals surface area contributed by atoms with Crippen LogP contribution in [0.1, 0.15) is 0 Å². The summed E-state index contributed by atoms with van der Waals surface area (Å²) in [4.78, 5) is 20.2. The van der Waals surface area contributed by atoms with Crippen molar-refractivity contribution < 1.29 is 21.9 Å². The van der Waals surface area contributed by atoms with Crippen molar-refractivity contribution in [1.29, 1.82) is 0 Å². The Balaban J connectivity index is 3.12. The van der Waals surface area contributed by atoms with Crippen LogP contribution in [0.2, 0.25) is 39.3 Å². The minimum atomic E-state index is -3.34. The highest BCUT2D eigenvalue weighted by Gasteiger charge is 2.47. The van der Waals surface area contributed by atoms with Crippen molar-refractivity contribution in [3.8, 4) is 0 Å². The Kier molecular flexibility index (Phi) is 6.15. The van der Waals surface area contributed by atoms with E-state index in [2.05, 4.69) is 0 Å². The highest BCUT2D eigenvalue weighted by molar-refractivity contribution is 6.95. The van der Waals surface area contributed by atoms with E-state index >= 15 is 0 Å². The highest BCUT2D eigenvalue weighted by Crippen LogP contribution is 2.22. The zero-order valence-corrected chi connectivity index (χ0v) is 18.1. The second-order valence-electron chi connectivity index (χ2n) is 6.63. The predicted molar refractivity (Wildman–Crippen MR) is 96.3 cm³/mol. The van der Waals surface area contributed by atoms with Gasteiger partial charge in [-0.1, -0.05) is 30.3 Å². The maximum atomic E-state index is 10.2. The molecule has 0 saturated carbocycles. The summed E-state index contributed by atoms with van der Waals surface area (Å²) in [6, 6.07) is 9.24. The molecular weight excluding hydrogens is 348 g/mol. The van der Waals surface area contributed by atoms with E-state index in [0.717, 1.165) is 5.19 Å². The van der Waals surface area contributed by atoms with Crippen LogP contribution in [0.4, 0.5) is 0 Å². The van der Waals surface area contributed by atoms with E-state index in [1.165, 1.54) is 0 Å². The SMILES string of the molecule is [CH][Si](O[Si](C)(C)O)(O[Si](C)(C)O[Si](C)(C)O)c1ccccc1. The zero-order valence-electron chi connectivity index (χ0n) is 14.1. The summed E-state index contributed by atoms with van der Waals surface area (Å²) in [6.45, 7) is 16.8. The van der Waals surface area contributed by atoms with Crippen LogP contribution in [0, 0.1) is 6.55 Å². The first-order valence-corrected chi connectivity index (χ1v) is 17.5. The summed E-state index contributed by atoms with van der Waals surface area (Å²) < 4.78 is 17.7. The van der Waals surface area contributed by atoms with Gasteiger partial charge in [0.05, 0.1) is 0 Å². The topological polar surface area (TPSA) is 68.2 Å². The third kappa shape index (κ3) is 6.98. The van der Waals surface area contributed by atoms with Gasteiger partial charge in [0.25, 0.3) is 0 Å². The Labute approximate surface area is 137 Å². The van der Waals surface area contributed by atoms with Crippen LogP contribution >= 0.6 is 0 Å². The van der Waals surface area contributed by atoms with Crippen molar-refractivity contribution in [2.24, 2.45) is 0 Å². The first kappa shape index (κ1) is 19.9. The molecule has 0 aliphatic rings. The molecule has 1 unspecified atom stereocenters. The van der Waals surface area contributed by atoms with Gasteiger partial charge in [-0.3, -0.25) is 0 Å². The van der Waals surface area contributed by atoms with Crippen molar-refractivity contribution in [1.82, 2.24) is 0 Å². The second kappa shape index (κ2) is 6.79. The maximum absolute atomic E-state index is 10.2. The lowest BCUT2D eigenvalue weighted by Gasteiger charge is -2.39. The Morgan fingerprint density at radius 2 is 1.23 bits per heavy atom. The van der Waals surface area contributed by atoms with Crippen LogP contribution in [-0.4, -0.2) is 43.8 Å². The Hall–Kier alpha value is -0.112. The fourth-order valence-corrected chi connectivity index (χ4v) is 15.6. The van der Waals surface area contributed by atoms with E-state index in [-0.39, 0.29) is 0 Å². The molecule has 9 heteroatoms. The Morgan fingerprint density at radius 1 is 0.773 bits per heavy atom. The van der Waals surface area contributed by atoms with E-state index in [1.807, 2.05) is 43.4 Å². The van der Waals surface area contributed by atoms with Crippen LogP contribution in [0.3, 0.4) is 0 Å². The average Bonchev–Trinajstić information content (AvgIpc) is 2.22. The van der Waals surface area contributed by atoms with Crippen LogP contribution in [0.15, 0.2) is 30.3 Å². The van der Waals surface area contributed by atoms with Gasteiger partial charge in [-0.2, -0.15) is 0 Å². The fourth-order valence-electron chi connectivity index (χ4n) is 2.17. The van der Waals surface area contributed by atoms with E-state index in [1.54, 1.807) is 26.2 Å². The fraction of sp³-hybridized carbons (Fsp3) is 0.462. The van der Waals surface area contributed by atoms with Gasteiger partial charge in [0, 0.05) is 6.55 Å². The van der Waals surface area contributed by atoms with Gasteiger partial charge in [-0.05, 0) is 44.5 Å². The van der Waals surface area contributed by atoms with Gasteiger partial charge in [0.15, 0.2) is 0 Å². The van der Waals surface area contributed by atoms with E-state index in [4.69, 9.17) is 18.9 Å². The van der Waals surface area contributed by atoms with Crippen molar-refractivity contribution in [3.05, 3.63) is 36.9 Å². The maximum Gasteiger partial charge on any atom is 0.358 e. The van der Waals surface area contributed by atoms with Crippen LogP contribution in [0.5, 0.6) is 0 Å². The lowest BCUT2D eigenvalue weighted by Crippen LogP contribution is -2.64. The molecule has 5 nitrogen and oxygen atoms in total. The van der Waals surface area contributed by atoms with Crippen LogP contribution in [-0.2, 0) is 12.3 Å². The van der Waals surface area contributed by atoms with E-state index in [9.17, 15) is 9.59 Å². The van der Waals surface area contributed by atoms with Crippen molar-refractivity contribution >= 4 is 39.4 Å². The monoisotopic (exact) mass is 374 g/mol. The molecule has 0 saturated heterocycles. The van der Waals surface area contributed by atoms with Gasteiger partial charge in [-0.15, -0.1) is 0 Å². The Morgan fingerprint density at radius 3 is 1.64 bits per heavy atom. The molecule has 1 aromatic carbocycles. The molecule has 1 aromatic rings. The molecule has 22 heavy (non-hydrogen) atoms. The minimum Gasteiger partial charge on any atom is -0.416 e. The predicted octanol–water partition coefficient (Wildman–Crippen LogP) is 1.73. The summed E-state index contributed by atoms with van der Waals surface area (Å²) in [6.07, 6.45) is 0. The molecule has 2 N–H and O–H groups in total. The molecule has 0 aromatic heterocycles. The van der Waals surface area contributed by atoms with Crippen LogP contribution in [0.25, 0.3) is 0 Å². The third-order valence-corrected chi connectivity index (χ3v) is 14.0. The molecule has 1 rings (SSSR count). The molecular formula is C13H26O5Si4. The van der Waals surface area contributed by atoms with Gasteiger partial charge in [0.2, 0.25) is 0 Å². The lowest BCUT2D eigenvalue weighted by atomic mass is 10.4. The first-order chi connectivity index (χ1) is 9.73. The lowest BCUT2D eigenvalue weighted by molar-refractivity contribution is 0.285. The second-order valence-corrected chi connectivity index (χ2v) is 19.6. The quantitative estimate of drug-likeness (QED) is 0.711. The summed E-state index contributed by atoms with van der Waals surface area (Å²) >= 11 is 0. The van der Waals surface area contributed by atoms with Crippen molar-refractivity contribution in [3.63, 3.8) is 0 Å². The molecule has 0 heterocycles. The Bertz CT molecular complexity index is 483. The molecule has 124 valence electrons. The molecule has 0 fully saturated rings. The molecule has 2 radical (unpaired) electrons. The number of benzene rings is 1. The van der Waals surface area contributed by atoms with Crippen LogP contribution < -0.4 is 5.19 Å². The standard InChI is InChI=1S/C13H26O5Si4/c1-19(2,14)16-21(5,6)18-22(7,17-20(3,4)15)13-11-9-8-10-12-13/h7-12,14-15H,1-6H3. The summed E-state index contributed by atoms with van der Waals surface area (Å²) in [5, 5.41) is 0.728. The van der Waals surface area contributed by atoms with Gasteiger partial charge in [-0.25, -0.2) is 0 Å². The smallest absolute Gasteiger partial charge is 0.358 e. The summed E-state index contributed by atoms with van der Waals surface area (Å²) in [7, 11) is -11.7. The van der Waals surface area contributed by atoms with Gasteiger partial charge in [0.1, 0.15) is 0 Å². The van der Waals surface area contributed by atoms with Crippen molar-refractivity contribution in [2.45, 2.75) is 39.3 Å². The first-order valence-electron chi connectivity index (χ1n) is 7.12. The molecule has 0 bridgehead atoms. The summed E-state index contributed by atoms with van der Waals surface area (Å²) in [5.74, 6) is 0. The molecule has 1 atom stereocenters. The average molecular weight is 375 g/mol. The molecule has 0 aliphatic carbocycles. The number of hydrogen-bond donors (Lipinski definition) is 2.